The van der Waals surface area contributed by atoms with Crippen LogP contribution in [0.3, 0.4) is 0 Å². The Hall–Kier alpha value is -3.03. The second-order valence-corrected chi connectivity index (χ2v) is 7.85. The molecule has 2 heterocycles. The number of halogens is 3. The number of oxime groups is 1. The number of rotatable bonds is 2. The van der Waals surface area contributed by atoms with Crippen LogP contribution < -0.4 is 5.32 Å². The number of hydrogen-bond acceptors (Lipinski definition) is 3. The molecule has 2 aliphatic heterocycles. The van der Waals surface area contributed by atoms with Gasteiger partial charge in [-0.05, 0) is 36.8 Å². The van der Waals surface area contributed by atoms with Crippen LogP contribution in [-0.2, 0) is 11.0 Å². The largest absolute Gasteiger partial charge is 0.416 e. The van der Waals surface area contributed by atoms with Crippen LogP contribution in [0.5, 0.6) is 0 Å². The van der Waals surface area contributed by atoms with E-state index in [1.165, 1.54) is 17.7 Å². The first-order chi connectivity index (χ1) is 14.2. The monoisotopic (exact) mass is 417 g/mol. The number of piperidine rings is 1. The zero-order chi connectivity index (χ0) is 21.4. The molecule has 2 aromatic rings. The fourth-order valence-corrected chi connectivity index (χ4v) is 3.75. The molecule has 158 valence electrons. The zero-order valence-electron chi connectivity index (χ0n) is 16.5. The molecule has 0 aliphatic carbocycles. The van der Waals surface area contributed by atoms with E-state index < -0.39 is 17.3 Å². The molecule has 30 heavy (non-hydrogen) atoms. The molecular weight excluding hydrogens is 395 g/mol. The van der Waals surface area contributed by atoms with Crippen molar-refractivity contribution in [3.05, 3.63) is 65.2 Å². The number of carbonyl (C=O) groups excluding carboxylic acids is 1. The summed E-state index contributed by atoms with van der Waals surface area (Å²) in [4.78, 5) is 19.9. The Bertz CT molecular complexity index is 945. The molecule has 1 N–H and O–H groups in total. The summed E-state index contributed by atoms with van der Waals surface area (Å²) in [6.45, 7) is 3.01. The lowest BCUT2D eigenvalue weighted by Crippen LogP contribution is -2.48. The number of aryl methyl sites for hydroxylation is 1. The first-order valence-electron chi connectivity index (χ1n) is 9.79. The van der Waals surface area contributed by atoms with E-state index in [9.17, 15) is 18.0 Å². The lowest BCUT2D eigenvalue weighted by Gasteiger charge is -2.37. The molecular formula is C22H22F3N3O2. The van der Waals surface area contributed by atoms with Gasteiger partial charge in [0.15, 0.2) is 0 Å². The highest BCUT2D eigenvalue weighted by Gasteiger charge is 2.43. The first-order valence-corrected chi connectivity index (χ1v) is 9.79. The smallest absolute Gasteiger partial charge is 0.388 e. The van der Waals surface area contributed by atoms with E-state index in [2.05, 4.69) is 10.5 Å². The molecule has 2 amide bonds. The molecule has 0 bridgehead atoms. The summed E-state index contributed by atoms with van der Waals surface area (Å²) >= 11 is 0. The number of hydrogen-bond donors (Lipinski definition) is 1. The van der Waals surface area contributed by atoms with Gasteiger partial charge in [-0.2, -0.15) is 13.2 Å². The Balaban J connectivity index is 1.31. The number of alkyl halides is 3. The number of anilines is 1. The van der Waals surface area contributed by atoms with Gasteiger partial charge in [0.2, 0.25) is 0 Å². The summed E-state index contributed by atoms with van der Waals surface area (Å²) in [5.74, 6) is 0. The third-order valence-corrected chi connectivity index (χ3v) is 5.65. The molecule has 0 unspecified atom stereocenters. The quantitative estimate of drug-likeness (QED) is 0.730. The van der Waals surface area contributed by atoms with Gasteiger partial charge in [-0.1, -0.05) is 35.0 Å². The average molecular weight is 417 g/mol. The zero-order valence-corrected chi connectivity index (χ0v) is 16.5. The van der Waals surface area contributed by atoms with Crippen LogP contribution in [0.25, 0.3) is 0 Å². The van der Waals surface area contributed by atoms with E-state index in [1.54, 1.807) is 4.90 Å². The lowest BCUT2D eigenvalue weighted by molar-refractivity contribution is -0.137. The van der Waals surface area contributed by atoms with Gasteiger partial charge in [0.25, 0.3) is 0 Å². The van der Waals surface area contributed by atoms with E-state index in [-0.39, 0.29) is 6.03 Å². The maximum Gasteiger partial charge on any atom is 0.416 e. The highest BCUT2D eigenvalue weighted by molar-refractivity contribution is 6.01. The standard InChI is InChI=1S/C22H22F3N3O2/c1-15-2-4-16(5-3-15)19-14-21(30-27-19)10-12-28(13-11-21)20(29)26-18-8-6-17(7-9-18)22(23,24)25/h2-9H,10-14H2,1H3,(H,26,29). The topological polar surface area (TPSA) is 53.9 Å². The van der Waals surface area contributed by atoms with Crippen molar-refractivity contribution < 1.29 is 22.8 Å². The molecule has 4 rings (SSSR count). The fraction of sp³-hybridized carbons (Fsp3) is 0.364. The number of likely N-dealkylation sites (tertiary alicyclic amines) is 1. The summed E-state index contributed by atoms with van der Waals surface area (Å²) in [5.41, 5.74) is 2.32. The summed E-state index contributed by atoms with van der Waals surface area (Å²) in [6, 6.07) is 12.2. The molecule has 1 fully saturated rings. The summed E-state index contributed by atoms with van der Waals surface area (Å²) in [7, 11) is 0. The van der Waals surface area contributed by atoms with Crippen molar-refractivity contribution in [3.63, 3.8) is 0 Å². The van der Waals surface area contributed by atoms with Crippen molar-refractivity contribution in [2.24, 2.45) is 5.16 Å². The van der Waals surface area contributed by atoms with Gasteiger partial charge in [0.1, 0.15) is 5.60 Å². The molecule has 2 aliphatic rings. The Morgan fingerprint density at radius 2 is 1.70 bits per heavy atom. The highest BCUT2D eigenvalue weighted by atomic mass is 19.4. The minimum Gasteiger partial charge on any atom is -0.388 e. The van der Waals surface area contributed by atoms with Gasteiger partial charge in [0, 0.05) is 38.0 Å². The Kier molecular flexibility index (Phi) is 5.17. The van der Waals surface area contributed by atoms with Gasteiger partial charge in [-0.3, -0.25) is 0 Å². The summed E-state index contributed by atoms with van der Waals surface area (Å²) < 4.78 is 38.0. The number of urea groups is 1. The predicted octanol–water partition coefficient (Wildman–Crippen LogP) is 5.20. The molecule has 2 aromatic carbocycles. The minimum atomic E-state index is -4.40. The number of amides is 2. The Morgan fingerprint density at radius 3 is 2.30 bits per heavy atom. The van der Waals surface area contributed by atoms with Crippen LogP contribution in [0.1, 0.15) is 36.0 Å². The maximum atomic E-state index is 12.7. The van der Waals surface area contributed by atoms with E-state index in [1.807, 2.05) is 31.2 Å². The van der Waals surface area contributed by atoms with Crippen LogP contribution in [0.4, 0.5) is 23.7 Å². The Labute approximate surface area is 172 Å². The summed E-state index contributed by atoms with van der Waals surface area (Å²) in [6.07, 6.45) is -2.41. The van der Waals surface area contributed by atoms with Gasteiger partial charge < -0.3 is 15.1 Å². The van der Waals surface area contributed by atoms with Crippen molar-refractivity contribution in [3.8, 4) is 0 Å². The molecule has 0 radical (unpaired) electrons. The normalized spacial score (nSPS) is 18.1. The summed E-state index contributed by atoms with van der Waals surface area (Å²) in [5, 5.41) is 6.94. The van der Waals surface area contributed by atoms with E-state index >= 15 is 0 Å². The van der Waals surface area contributed by atoms with Crippen molar-refractivity contribution in [2.75, 3.05) is 18.4 Å². The molecule has 0 saturated carbocycles. The molecule has 1 spiro atoms. The second-order valence-electron chi connectivity index (χ2n) is 7.85. The number of carbonyl (C=O) groups is 1. The van der Waals surface area contributed by atoms with Crippen molar-refractivity contribution in [1.29, 1.82) is 0 Å². The number of nitrogens with zero attached hydrogens (tertiary/aromatic N) is 2. The van der Waals surface area contributed by atoms with Crippen molar-refractivity contribution in [1.82, 2.24) is 4.90 Å². The van der Waals surface area contributed by atoms with Gasteiger partial charge in [-0.25, -0.2) is 4.79 Å². The van der Waals surface area contributed by atoms with Gasteiger partial charge in [-0.15, -0.1) is 0 Å². The van der Waals surface area contributed by atoms with Crippen molar-refractivity contribution >= 4 is 17.4 Å². The molecule has 5 nitrogen and oxygen atoms in total. The third kappa shape index (κ3) is 4.27. The van der Waals surface area contributed by atoms with Crippen LogP contribution in [0.15, 0.2) is 53.7 Å². The van der Waals surface area contributed by atoms with Crippen LogP contribution in [-0.4, -0.2) is 35.3 Å². The second kappa shape index (κ2) is 7.66. The minimum absolute atomic E-state index is 0.329. The Morgan fingerprint density at radius 1 is 1.07 bits per heavy atom. The highest BCUT2D eigenvalue weighted by Crippen LogP contribution is 2.36. The van der Waals surface area contributed by atoms with Gasteiger partial charge in [0.05, 0.1) is 11.3 Å². The van der Waals surface area contributed by atoms with E-state index in [4.69, 9.17) is 4.84 Å². The van der Waals surface area contributed by atoms with Crippen LogP contribution in [0.2, 0.25) is 0 Å². The molecule has 8 heteroatoms. The fourth-order valence-electron chi connectivity index (χ4n) is 3.75. The van der Waals surface area contributed by atoms with E-state index in [0.717, 1.165) is 23.4 Å². The number of nitrogens with one attached hydrogen (secondary N) is 1. The van der Waals surface area contributed by atoms with Gasteiger partial charge >= 0.3 is 12.2 Å². The number of benzene rings is 2. The maximum absolute atomic E-state index is 12.7. The van der Waals surface area contributed by atoms with E-state index in [0.29, 0.717) is 38.0 Å². The first kappa shape index (κ1) is 20.3. The van der Waals surface area contributed by atoms with Crippen LogP contribution >= 0.6 is 0 Å². The predicted molar refractivity (Wildman–Crippen MR) is 107 cm³/mol. The SMILES string of the molecule is Cc1ccc(C2=NOC3(CCN(C(=O)Nc4ccc(C(F)(F)F)cc4)CC3)C2)cc1. The average Bonchev–Trinajstić information content (AvgIpc) is 3.12. The molecule has 0 aromatic heterocycles. The molecule has 1 saturated heterocycles. The van der Waals surface area contributed by atoms with Crippen LogP contribution in [0, 0.1) is 6.92 Å². The van der Waals surface area contributed by atoms with Crippen molar-refractivity contribution in [2.45, 2.75) is 38.0 Å². The lowest BCUT2D eigenvalue weighted by atomic mass is 9.85. The third-order valence-electron chi connectivity index (χ3n) is 5.65. The molecule has 0 atom stereocenters.